The van der Waals surface area contributed by atoms with Gasteiger partial charge in [-0.15, -0.1) is 0 Å². The Hall–Kier alpha value is -1.66. The zero-order chi connectivity index (χ0) is 13.1. The normalized spacial score (nSPS) is 12.4. The van der Waals surface area contributed by atoms with E-state index in [4.69, 9.17) is 22.1 Å². The molecule has 6 nitrogen and oxygen atoms in total. The summed E-state index contributed by atoms with van der Waals surface area (Å²) in [6, 6.07) is 1.23. The maximum absolute atomic E-state index is 6.17. The number of halogens is 1. The molecule has 0 aliphatic carbocycles. The van der Waals surface area contributed by atoms with E-state index in [2.05, 4.69) is 15.1 Å². The van der Waals surface area contributed by atoms with Crippen LogP contribution in [0.5, 0.6) is 5.88 Å². The predicted octanol–water partition coefficient (Wildman–Crippen LogP) is 1.40. The second-order valence-corrected chi connectivity index (χ2v) is 4.06. The first kappa shape index (κ1) is 12.8. The molecule has 7 heteroatoms. The van der Waals surface area contributed by atoms with Crippen molar-refractivity contribution in [3.05, 3.63) is 35.0 Å². The van der Waals surface area contributed by atoms with Crippen LogP contribution in [0.2, 0.25) is 5.02 Å². The Morgan fingerprint density at radius 2 is 2.28 bits per heavy atom. The molecule has 1 unspecified atom stereocenters. The maximum atomic E-state index is 6.17. The van der Waals surface area contributed by atoms with Crippen molar-refractivity contribution in [2.45, 2.75) is 19.5 Å². The van der Waals surface area contributed by atoms with Gasteiger partial charge in [-0.3, -0.25) is 4.68 Å². The molecule has 1 atom stereocenters. The number of aromatic nitrogens is 4. The van der Waals surface area contributed by atoms with E-state index in [1.165, 1.54) is 6.33 Å². The van der Waals surface area contributed by atoms with E-state index in [1.54, 1.807) is 24.1 Å². The van der Waals surface area contributed by atoms with Crippen molar-refractivity contribution in [1.82, 2.24) is 19.7 Å². The van der Waals surface area contributed by atoms with Crippen LogP contribution in [0.1, 0.15) is 24.4 Å². The standard InChI is InChI=1S/C11H14ClN5O/c1-3-17-11(7(12)5-16-17)10(13)8-4-9(18-2)15-6-14-8/h4-6,10H,3,13H2,1-2H3. The fraction of sp³-hybridized carbons (Fsp3) is 0.364. The van der Waals surface area contributed by atoms with E-state index in [0.717, 1.165) is 5.69 Å². The highest BCUT2D eigenvalue weighted by Gasteiger charge is 2.19. The summed E-state index contributed by atoms with van der Waals surface area (Å²) in [5, 5.41) is 4.68. The van der Waals surface area contributed by atoms with Gasteiger partial charge in [0.25, 0.3) is 0 Å². The molecule has 0 aliphatic heterocycles. The lowest BCUT2D eigenvalue weighted by molar-refractivity contribution is 0.395. The Kier molecular flexibility index (Phi) is 3.78. The summed E-state index contributed by atoms with van der Waals surface area (Å²) in [5.74, 6) is 0.467. The molecule has 2 aromatic heterocycles. The van der Waals surface area contributed by atoms with Crippen LogP contribution in [0.3, 0.4) is 0 Å². The molecule has 2 aromatic rings. The number of nitrogens with zero attached hydrogens (tertiary/aromatic N) is 4. The van der Waals surface area contributed by atoms with Gasteiger partial charge in [-0.25, -0.2) is 9.97 Å². The molecule has 96 valence electrons. The molecular weight excluding hydrogens is 254 g/mol. The van der Waals surface area contributed by atoms with Crippen LogP contribution < -0.4 is 10.5 Å². The monoisotopic (exact) mass is 267 g/mol. The number of aryl methyl sites for hydroxylation is 1. The van der Waals surface area contributed by atoms with Gasteiger partial charge in [-0.05, 0) is 6.92 Å². The first-order valence-corrected chi connectivity index (χ1v) is 5.87. The third kappa shape index (κ3) is 2.30. The Balaban J connectivity index is 2.40. The lowest BCUT2D eigenvalue weighted by atomic mass is 10.1. The van der Waals surface area contributed by atoms with Crippen molar-refractivity contribution < 1.29 is 4.74 Å². The highest BCUT2D eigenvalue weighted by Crippen LogP contribution is 2.26. The van der Waals surface area contributed by atoms with Crippen molar-refractivity contribution >= 4 is 11.6 Å². The van der Waals surface area contributed by atoms with Crippen LogP contribution >= 0.6 is 11.6 Å². The van der Waals surface area contributed by atoms with Crippen LogP contribution in [0.25, 0.3) is 0 Å². The third-order valence-electron chi connectivity index (χ3n) is 2.62. The van der Waals surface area contributed by atoms with Gasteiger partial charge in [-0.1, -0.05) is 11.6 Å². The van der Waals surface area contributed by atoms with E-state index in [-0.39, 0.29) is 0 Å². The molecule has 0 amide bonds. The SMILES string of the molecule is CCn1ncc(Cl)c1C(N)c1cc(OC)ncn1. The summed E-state index contributed by atoms with van der Waals surface area (Å²) < 4.78 is 6.80. The van der Waals surface area contributed by atoms with Gasteiger partial charge < -0.3 is 10.5 Å². The molecule has 0 aromatic carbocycles. The van der Waals surface area contributed by atoms with Crippen molar-refractivity contribution in [3.63, 3.8) is 0 Å². The van der Waals surface area contributed by atoms with Crippen LogP contribution in [0.15, 0.2) is 18.6 Å². The summed E-state index contributed by atoms with van der Waals surface area (Å²) in [5.41, 5.74) is 7.54. The highest BCUT2D eigenvalue weighted by atomic mass is 35.5. The largest absolute Gasteiger partial charge is 0.481 e. The first-order valence-electron chi connectivity index (χ1n) is 5.50. The van der Waals surface area contributed by atoms with Crippen molar-refractivity contribution in [2.24, 2.45) is 5.73 Å². The van der Waals surface area contributed by atoms with Crippen LogP contribution in [-0.4, -0.2) is 26.9 Å². The average Bonchev–Trinajstić information content (AvgIpc) is 2.79. The fourth-order valence-electron chi connectivity index (χ4n) is 1.71. The minimum Gasteiger partial charge on any atom is -0.481 e. The molecule has 0 saturated carbocycles. The molecule has 2 rings (SSSR count). The van der Waals surface area contributed by atoms with Gasteiger partial charge in [0, 0.05) is 12.6 Å². The summed E-state index contributed by atoms with van der Waals surface area (Å²) in [6.45, 7) is 2.66. The Morgan fingerprint density at radius 3 is 2.94 bits per heavy atom. The van der Waals surface area contributed by atoms with Gasteiger partial charge in [0.1, 0.15) is 6.33 Å². The van der Waals surface area contributed by atoms with Gasteiger partial charge in [0.2, 0.25) is 5.88 Å². The predicted molar refractivity (Wildman–Crippen MR) is 67.5 cm³/mol. The van der Waals surface area contributed by atoms with Crippen molar-refractivity contribution in [2.75, 3.05) is 7.11 Å². The summed E-state index contributed by atoms with van der Waals surface area (Å²) in [4.78, 5) is 8.09. The molecule has 2 N–H and O–H groups in total. The number of nitrogens with two attached hydrogens (primary N) is 1. The second kappa shape index (κ2) is 5.32. The van der Waals surface area contributed by atoms with E-state index in [1.807, 2.05) is 6.92 Å². The van der Waals surface area contributed by atoms with E-state index >= 15 is 0 Å². The average molecular weight is 268 g/mol. The fourth-order valence-corrected chi connectivity index (χ4v) is 1.97. The molecule has 0 radical (unpaired) electrons. The topological polar surface area (TPSA) is 78.9 Å². The summed E-state index contributed by atoms with van der Waals surface area (Å²) in [7, 11) is 1.54. The molecule has 0 bridgehead atoms. The zero-order valence-corrected chi connectivity index (χ0v) is 10.9. The molecule has 2 heterocycles. The third-order valence-corrected chi connectivity index (χ3v) is 2.91. The molecule has 18 heavy (non-hydrogen) atoms. The van der Waals surface area contributed by atoms with Crippen LogP contribution in [0.4, 0.5) is 0 Å². The number of rotatable bonds is 4. The van der Waals surface area contributed by atoms with Crippen molar-refractivity contribution in [1.29, 1.82) is 0 Å². The molecular formula is C11H14ClN5O. The van der Waals surface area contributed by atoms with Gasteiger partial charge in [0.05, 0.1) is 35.8 Å². The minimum atomic E-state index is -0.461. The van der Waals surface area contributed by atoms with E-state index in [0.29, 0.717) is 23.1 Å². The van der Waals surface area contributed by atoms with E-state index < -0.39 is 6.04 Å². The second-order valence-electron chi connectivity index (χ2n) is 3.66. The number of ether oxygens (including phenoxy) is 1. The Morgan fingerprint density at radius 1 is 1.50 bits per heavy atom. The number of hydrogen-bond acceptors (Lipinski definition) is 5. The first-order chi connectivity index (χ1) is 8.67. The quantitative estimate of drug-likeness (QED) is 0.906. The van der Waals surface area contributed by atoms with Crippen LogP contribution in [-0.2, 0) is 6.54 Å². The van der Waals surface area contributed by atoms with E-state index in [9.17, 15) is 0 Å². The lowest BCUT2D eigenvalue weighted by Crippen LogP contribution is -2.19. The lowest BCUT2D eigenvalue weighted by Gasteiger charge is -2.13. The molecule has 0 aliphatic rings. The number of hydrogen-bond donors (Lipinski definition) is 1. The summed E-state index contributed by atoms with van der Waals surface area (Å²) >= 11 is 6.10. The minimum absolute atomic E-state index is 0.461. The highest BCUT2D eigenvalue weighted by molar-refractivity contribution is 6.31. The van der Waals surface area contributed by atoms with Crippen LogP contribution in [0, 0.1) is 0 Å². The molecule has 0 spiro atoms. The van der Waals surface area contributed by atoms with Gasteiger partial charge in [-0.2, -0.15) is 5.10 Å². The maximum Gasteiger partial charge on any atom is 0.216 e. The summed E-state index contributed by atoms with van der Waals surface area (Å²) in [6.07, 6.45) is 2.99. The Bertz CT molecular complexity index is 542. The van der Waals surface area contributed by atoms with Gasteiger partial charge in [0.15, 0.2) is 0 Å². The van der Waals surface area contributed by atoms with Crippen molar-refractivity contribution in [3.8, 4) is 5.88 Å². The Labute approximate surface area is 110 Å². The number of methoxy groups -OCH3 is 1. The molecule has 0 fully saturated rings. The van der Waals surface area contributed by atoms with Gasteiger partial charge >= 0.3 is 0 Å². The molecule has 0 saturated heterocycles. The zero-order valence-electron chi connectivity index (χ0n) is 10.2. The smallest absolute Gasteiger partial charge is 0.216 e.